The van der Waals surface area contributed by atoms with E-state index in [1.54, 1.807) is 6.07 Å². The van der Waals surface area contributed by atoms with Gasteiger partial charge in [-0.05, 0) is 17.0 Å². The van der Waals surface area contributed by atoms with Crippen molar-refractivity contribution < 1.29 is 24.2 Å². The van der Waals surface area contributed by atoms with Gasteiger partial charge in [0.2, 0.25) is 11.6 Å². The average Bonchev–Trinajstić information content (AvgIpc) is 3.05. The number of amides is 1. The predicted molar refractivity (Wildman–Crippen MR) is 92.4 cm³/mol. The number of carbonyl (C=O) groups excluding carboxylic acids is 2. The molecule has 2 unspecified atom stereocenters. The molecule has 7 nitrogen and oxygen atoms in total. The Balaban J connectivity index is 2.23. The molecular formula is C15H16N2O5S2. The second kappa shape index (κ2) is 7.73. The lowest BCUT2D eigenvalue weighted by molar-refractivity contribution is -0.141. The number of thiophene rings is 1. The highest BCUT2D eigenvalue weighted by Crippen LogP contribution is 2.31. The minimum absolute atomic E-state index is 0.0935. The molecule has 0 spiro atoms. The summed E-state index contributed by atoms with van der Waals surface area (Å²) in [7, 11) is 1.26. The Morgan fingerprint density at radius 3 is 2.92 bits per heavy atom. The highest BCUT2D eigenvalue weighted by Gasteiger charge is 2.44. The van der Waals surface area contributed by atoms with E-state index in [1.165, 1.54) is 30.2 Å². The van der Waals surface area contributed by atoms with Gasteiger partial charge in [0.25, 0.3) is 0 Å². The lowest BCUT2D eigenvalue weighted by atomic mass is 10.1. The number of rotatable bonds is 7. The van der Waals surface area contributed by atoms with Crippen molar-refractivity contribution in [1.29, 1.82) is 0 Å². The van der Waals surface area contributed by atoms with Crippen LogP contribution in [0.3, 0.4) is 0 Å². The van der Waals surface area contributed by atoms with Crippen molar-refractivity contribution in [2.45, 2.75) is 17.5 Å². The Kier molecular flexibility index (Phi) is 5.92. The van der Waals surface area contributed by atoms with Gasteiger partial charge >= 0.3 is 5.97 Å². The zero-order valence-corrected chi connectivity index (χ0v) is 14.5. The van der Waals surface area contributed by atoms with E-state index in [-0.39, 0.29) is 17.9 Å². The van der Waals surface area contributed by atoms with E-state index >= 15 is 0 Å². The molecule has 9 heteroatoms. The Morgan fingerprint density at radius 2 is 2.38 bits per heavy atom. The summed E-state index contributed by atoms with van der Waals surface area (Å²) in [6.45, 7) is 3.65. The third-order valence-corrected chi connectivity index (χ3v) is 5.49. The minimum Gasteiger partial charge on any atom is -0.477 e. The van der Waals surface area contributed by atoms with Crippen LogP contribution in [0.5, 0.6) is 0 Å². The van der Waals surface area contributed by atoms with Crippen LogP contribution in [0.15, 0.2) is 34.7 Å². The normalized spacial score (nSPS) is 20.0. The van der Waals surface area contributed by atoms with E-state index < -0.39 is 23.0 Å². The molecule has 1 aliphatic rings. The molecule has 0 radical (unpaired) electrons. The Morgan fingerprint density at radius 1 is 1.62 bits per heavy atom. The number of thioether (sulfide) groups is 1. The number of methoxy groups -OCH3 is 1. The summed E-state index contributed by atoms with van der Waals surface area (Å²) in [4.78, 5) is 40.0. The average molecular weight is 368 g/mol. The number of aliphatic carboxylic acids is 1. The van der Waals surface area contributed by atoms with Gasteiger partial charge in [-0.2, -0.15) is 0 Å². The number of hydrogen-bond donors (Lipinski definition) is 2. The van der Waals surface area contributed by atoms with Crippen LogP contribution in [-0.4, -0.2) is 52.9 Å². The van der Waals surface area contributed by atoms with Crippen molar-refractivity contribution in [1.82, 2.24) is 5.32 Å². The summed E-state index contributed by atoms with van der Waals surface area (Å²) in [5.74, 6) is -1.37. The third-order valence-electron chi connectivity index (χ3n) is 3.33. The van der Waals surface area contributed by atoms with Crippen LogP contribution >= 0.6 is 23.1 Å². The van der Waals surface area contributed by atoms with Gasteiger partial charge in [-0.25, -0.2) is 4.79 Å². The summed E-state index contributed by atoms with van der Waals surface area (Å²) in [6.07, 6.45) is 0.532. The van der Waals surface area contributed by atoms with E-state index in [0.29, 0.717) is 11.9 Å². The van der Waals surface area contributed by atoms with E-state index in [4.69, 9.17) is 4.74 Å². The fourth-order valence-corrected chi connectivity index (χ4v) is 3.94. The second-order valence-corrected chi connectivity index (χ2v) is 7.07. The fraction of sp³-hybridized carbons (Fsp3) is 0.333. The SMILES string of the molecule is C=C1CSC(C(C=O)(NC(=O)Cc2cccs2)OC)N=C1C(=O)O. The molecule has 1 aliphatic heterocycles. The standard InChI is InChI=1S/C15H16N2O5S2/c1-9-7-24-14(16-12(9)13(20)21)15(8-18,22-2)17-11(19)6-10-4-3-5-23-10/h3-5,8,14H,1,6-7H2,2H3,(H,17,19)(H,20,21). The number of nitrogens with zero attached hydrogens (tertiary/aromatic N) is 1. The summed E-state index contributed by atoms with van der Waals surface area (Å²) >= 11 is 2.60. The second-order valence-electron chi connectivity index (χ2n) is 4.97. The van der Waals surface area contributed by atoms with Crippen molar-refractivity contribution in [2.75, 3.05) is 12.9 Å². The highest BCUT2D eigenvalue weighted by atomic mass is 32.2. The van der Waals surface area contributed by atoms with Gasteiger partial charge in [-0.1, -0.05) is 12.6 Å². The number of nitrogens with one attached hydrogen (secondary N) is 1. The van der Waals surface area contributed by atoms with E-state index in [1.807, 2.05) is 11.4 Å². The maximum absolute atomic E-state index is 12.2. The molecule has 0 fully saturated rings. The molecule has 0 bridgehead atoms. The molecule has 0 aliphatic carbocycles. The van der Waals surface area contributed by atoms with Crippen LogP contribution in [-0.2, 0) is 25.5 Å². The maximum Gasteiger partial charge on any atom is 0.354 e. The minimum atomic E-state index is -1.74. The zero-order valence-electron chi connectivity index (χ0n) is 12.9. The van der Waals surface area contributed by atoms with Gasteiger partial charge in [-0.15, -0.1) is 23.1 Å². The largest absolute Gasteiger partial charge is 0.477 e. The first-order chi connectivity index (χ1) is 11.4. The van der Waals surface area contributed by atoms with Crippen LogP contribution in [0.25, 0.3) is 0 Å². The molecular weight excluding hydrogens is 352 g/mol. The van der Waals surface area contributed by atoms with Crippen molar-refractivity contribution in [2.24, 2.45) is 4.99 Å². The van der Waals surface area contributed by atoms with Crippen molar-refractivity contribution in [3.05, 3.63) is 34.5 Å². The molecule has 2 N–H and O–H groups in total. The first-order valence-corrected chi connectivity index (χ1v) is 8.80. The first-order valence-electron chi connectivity index (χ1n) is 6.87. The molecule has 0 aromatic carbocycles. The number of carbonyl (C=O) groups is 3. The topological polar surface area (TPSA) is 105 Å². The van der Waals surface area contributed by atoms with E-state index in [9.17, 15) is 19.5 Å². The number of ether oxygens (including phenoxy) is 1. The summed E-state index contributed by atoms with van der Waals surface area (Å²) < 4.78 is 5.23. The molecule has 1 aromatic rings. The van der Waals surface area contributed by atoms with Crippen LogP contribution in [0.4, 0.5) is 0 Å². The van der Waals surface area contributed by atoms with Gasteiger partial charge in [0.1, 0.15) is 5.71 Å². The number of carboxylic acids is 1. The van der Waals surface area contributed by atoms with Gasteiger partial charge in [0, 0.05) is 17.7 Å². The van der Waals surface area contributed by atoms with Crippen molar-refractivity contribution in [3.63, 3.8) is 0 Å². The molecule has 2 rings (SSSR count). The molecule has 2 heterocycles. The van der Waals surface area contributed by atoms with E-state index in [0.717, 1.165) is 4.88 Å². The van der Waals surface area contributed by atoms with Gasteiger partial charge in [0.15, 0.2) is 11.7 Å². The monoisotopic (exact) mass is 368 g/mol. The lowest BCUT2D eigenvalue weighted by Gasteiger charge is -2.35. The fourth-order valence-electron chi connectivity index (χ4n) is 2.10. The zero-order chi connectivity index (χ0) is 17.7. The quantitative estimate of drug-likeness (QED) is 0.552. The molecule has 128 valence electrons. The molecule has 2 atom stereocenters. The molecule has 0 saturated heterocycles. The van der Waals surface area contributed by atoms with Gasteiger partial charge < -0.3 is 15.2 Å². The first kappa shape index (κ1) is 18.4. The molecule has 1 amide bonds. The molecule has 24 heavy (non-hydrogen) atoms. The van der Waals surface area contributed by atoms with Gasteiger partial charge in [-0.3, -0.25) is 14.6 Å². The van der Waals surface area contributed by atoms with Crippen LogP contribution in [0.2, 0.25) is 0 Å². The summed E-state index contributed by atoms with van der Waals surface area (Å²) in [5, 5.41) is 12.6. The Bertz CT molecular complexity index is 686. The van der Waals surface area contributed by atoms with Crippen LogP contribution in [0.1, 0.15) is 4.88 Å². The van der Waals surface area contributed by atoms with Crippen molar-refractivity contribution in [3.8, 4) is 0 Å². The highest BCUT2D eigenvalue weighted by molar-refractivity contribution is 8.00. The predicted octanol–water partition coefficient (Wildman–Crippen LogP) is 1.10. The van der Waals surface area contributed by atoms with Gasteiger partial charge in [0.05, 0.1) is 6.42 Å². The Labute approximate surface area is 146 Å². The summed E-state index contributed by atoms with van der Waals surface area (Å²) in [6, 6.07) is 3.63. The number of carboxylic acid groups (broad SMARTS) is 1. The van der Waals surface area contributed by atoms with E-state index in [2.05, 4.69) is 16.9 Å². The maximum atomic E-state index is 12.2. The summed E-state index contributed by atoms with van der Waals surface area (Å²) in [5.41, 5.74) is -1.60. The van der Waals surface area contributed by atoms with Crippen LogP contribution < -0.4 is 5.32 Å². The van der Waals surface area contributed by atoms with Crippen molar-refractivity contribution >= 4 is 47.0 Å². The number of hydrogen-bond acceptors (Lipinski definition) is 7. The Hall–Kier alpha value is -1.97. The third kappa shape index (κ3) is 3.92. The van der Waals surface area contributed by atoms with Crippen LogP contribution in [0, 0.1) is 0 Å². The smallest absolute Gasteiger partial charge is 0.354 e. The number of aliphatic imine (C=N–C) groups is 1. The lowest BCUT2D eigenvalue weighted by Crippen LogP contribution is -2.59. The molecule has 1 aromatic heterocycles. The molecule has 0 saturated carbocycles. The number of aldehydes is 1.